The molecule has 2 aliphatic heterocycles. The van der Waals surface area contributed by atoms with Crippen molar-refractivity contribution >= 4 is 45.2 Å². The van der Waals surface area contributed by atoms with Gasteiger partial charge in [-0.2, -0.15) is 15.1 Å². The van der Waals surface area contributed by atoms with Crippen LogP contribution in [0.25, 0.3) is 16.7 Å². The average molecular weight is 570 g/mol. The Morgan fingerprint density at radius 1 is 1.12 bits per heavy atom. The highest BCUT2D eigenvalue weighted by molar-refractivity contribution is 14.2. The molecule has 3 unspecified atom stereocenters. The van der Waals surface area contributed by atoms with Crippen molar-refractivity contribution in [2.45, 2.75) is 25.1 Å². The van der Waals surface area contributed by atoms with E-state index >= 15 is 0 Å². The number of aryl methyl sites for hydroxylation is 1. The van der Waals surface area contributed by atoms with E-state index in [0.717, 1.165) is 40.9 Å². The van der Waals surface area contributed by atoms with E-state index in [9.17, 15) is 4.39 Å². The molecule has 0 amide bonds. The molecule has 170 valence electrons. The van der Waals surface area contributed by atoms with Crippen LogP contribution in [-0.4, -0.2) is 77.3 Å². The zero-order valence-corrected chi connectivity index (χ0v) is 21.3. The number of methoxy groups -OCH3 is 1. The summed E-state index contributed by atoms with van der Waals surface area (Å²) in [5, 5.41) is 5.59. The van der Waals surface area contributed by atoms with Crippen molar-refractivity contribution in [3.63, 3.8) is 0 Å². The molecule has 0 saturated carbocycles. The maximum atomic E-state index is 14.7. The molecule has 1 aromatic carbocycles. The van der Waals surface area contributed by atoms with Gasteiger partial charge >= 0.3 is 6.01 Å². The second-order valence-electron chi connectivity index (χ2n) is 8.46. The van der Waals surface area contributed by atoms with Gasteiger partial charge in [0.15, 0.2) is 5.82 Å². The average Bonchev–Trinajstić information content (AvgIpc) is 3.30. The number of rotatable bonds is 6. The standard InChI is InChI=1S/C21H25FIN6O2P/c1-12-4-13-7-24-29(18(13)5-15(12)16-10-27(2)11-17(16)22)20-6-19(25-21(26-20)30-3)28-8-14(9-28)31-32-23/h4-7,14,16-17,32H,8-11H2,1-3H3. The summed E-state index contributed by atoms with van der Waals surface area (Å²) in [6, 6.07) is 6.35. The Kier molecular flexibility index (Phi) is 6.21. The number of halogens is 2. The summed E-state index contributed by atoms with van der Waals surface area (Å²) in [5.74, 6) is 1.26. The number of anilines is 1. The van der Waals surface area contributed by atoms with E-state index in [1.54, 1.807) is 11.8 Å². The predicted octanol–water partition coefficient (Wildman–Crippen LogP) is 3.65. The summed E-state index contributed by atoms with van der Waals surface area (Å²) < 4.78 is 27.6. The lowest BCUT2D eigenvalue weighted by atomic mass is 9.92. The third-order valence-electron chi connectivity index (χ3n) is 6.25. The number of likely N-dealkylation sites (N-methyl/N-ethyl adjacent to an activating group) is 1. The fourth-order valence-corrected chi connectivity index (χ4v) is 5.91. The molecule has 2 fully saturated rings. The quantitative estimate of drug-likeness (QED) is 0.331. The van der Waals surface area contributed by atoms with Gasteiger partial charge in [0.1, 0.15) is 12.0 Å². The first-order valence-corrected chi connectivity index (χ1v) is 14.5. The molecule has 32 heavy (non-hydrogen) atoms. The van der Waals surface area contributed by atoms with Crippen LogP contribution in [0, 0.1) is 6.92 Å². The molecular weight excluding hydrogens is 545 g/mol. The van der Waals surface area contributed by atoms with Crippen molar-refractivity contribution in [1.29, 1.82) is 0 Å². The molecule has 2 aromatic heterocycles. The van der Waals surface area contributed by atoms with E-state index in [2.05, 4.69) is 54.1 Å². The Bertz CT molecular complexity index is 1140. The Morgan fingerprint density at radius 2 is 1.91 bits per heavy atom. The van der Waals surface area contributed by atoms with Crippen LogP contribution >= 0.6 is 28.5 Å². The number of aromatic nitrogens is 4. The van der Waals surface area contributed by atoms with Gasteiger partial charge in [-0.05, 0) is 59.3 Å². The first kappa shape index (κ1) is 22.2. The van der Waals surface area contributed by atoms with Crippen molar-refractivity contribution in [1.82, 2.24) is 24.6 Å². The summed E-state index contributed by atoms with van der Waals surface area (Å²) in [6.45, 7) is 5.23. The van der Waals surface area contributed by atoms with E-state index in [1.807, 2.05) is 31.1 Å². The molecule has 8 nitrogen and oxygen atoms in total. The minimum Gasteiger partial charge on any atom is -0.467 e. The maximum Gasteiger partial charge on any atom is 0.320 e. The molecule has 0 N–H and O–H groups in total. The SMILES string of the molecule is COc1nc(N2CC(OPI)C2)cc(-n2ncc3cc(C)c(C4CN(C)CC4F)cc32)n1. The van der Waals surface area contributed by atoms with E-state index < -0.39 is 6.17 Å². The minimum atomic E-state index is -0.872. The number of fused-ring (bicyclic) bond motifs is 1. The van der Waals surface area contributed by atoms with Crippen molar-refractivity contribution < 1.29 is 13.7 Å². The van der Waals surface area contributed by atoms with Crippen molar-refractivity contribution in [2.24, 2.45) is 0 Å². The van der Waals surface area contributed by atoms with Gasteiger partial charge < -0.3 is 19.1 Å². The number of benzene rings is 1. The van der Waals surface area contributed by atoms with Gasteiger partial charge in [0.05, 0.1) is 31.4 Å². The smallest absolute Gasteiger partial charge is 0.320 e. The van der Waals surface area contributed by atoms with Crippen LogP contribution in [0.15, 0.2) is 24.4 Å². The number of ether oxygens (including phenoxy) is 1. The van der Waals surface area contributed by atoms with Gasteiger partial charge in [-0.15, -0.1) is 0 Å². The molecular formula is C21H25FIN6O2P. The van der Waals surface area contributed by atoms with Crippen LogP contribution in [0.2, 0.25) is 0 Å². The van der Waals surface area contributed by atoms with Crippen LogP contribution in [0.5, 0.6) is 6.01 Å². The molecule has 0 aliphatic carbocycles. The molecule has 2 aliphatic rings. The predicted molar refractivity (Wildman–Crippen MR) is 133 cm³/mol. The topological polar surface area (TPSA) is 68.5 Å². The molecule has 0 bridgehead atoms. The second kappa shape index (κ2) is 8.96. The second-order valence-corrected chi connectivity index (χ2v) is 10.2. The Labute approximate surface area is 200 Å². The maximum absolute atomic E-state index is 14.7. The van der Waals surface area contributed by atoms with Crippen LogP contribution in [-0.2, 0) is 4.52 Å². The molecule has 2 saturated heterocycles. The van der Waals surface area contributed by atoms with Gasteiger partial charge in [-0.1, -0.05) is 0 Å². The fourth-order valence-electron chi connectivity index (χ4n) is 4.55. The summed E-state index contributed by atoms with van der Waals surface area (Å²) in [6.07, 6.45) is 1.18. The highest BCUT2D eigenvalue weighted by Gasteiger charge is 2.33. The molecule has 11 heteroatoms. The van der Waals surface area contributed by atoms with Gasteiger partial charge in [0.25, 0.3) is 0 Å². The zero-order chi connectivity index (χ0) is 22.4. The third-order valence-corrected chi connectivity index (χ3v) is 7.43. The van der Waals surface area contributed by atoms with Crippen LogP contribution in [0.3, 0.4) is 0 Å². The third kappa shape index (κ3) is 4.06. The summed E-state index contributed by atoms with van der Waals surface area (Å²) in [5.41, 5.74) is 3.01. The molecule has 4 heterocycles. The van der Waals surface area contributed by atoms with E-state index in [1.165, 1.54) is 0 Å². The van der Waals surface area contributed by atoms with Crippen molar-refractivity contribution in [3.05, 3.63) is 35.5 Å². The zero-order valence-electron chi connectivity index (χ0n) is 18.1. The lowest BCUT2D eigenvalue weighted by molar-refractivity contribution is 0.197. The highest BCUT2D eigenvalue weighted by Crippen LogP contribution is 2.35. The number of alkyl halides is 1. The van der Waals surface area contributed by atoms with Crippen LogP contribution in [0.4, 0.5) is 10.2 Å². The van der Waals surface area contributed by atoms with Gasteiger partial charge in [0, 0.05) is 43.5 Å². The Balaban J connectivity index is 1.53. The van der Waals surface area contributed by atoms with Gasteiger partial charge in [-0.25, -0.2) is 9.07 Å². The number of hydrogen-bond acceptors (Lipinski definition) is 7. The van der Waals surface area contributed by atoms with E-state index in [-0.39, 0.29) is 18.0 Å². The van der Waals surface area contributed by atoms with E-state index in [0.29, 0.717) is 25.4 Å². The lowest BCUT2D eigenvalue weighted by Gasteiger charge is -2.39. The van der Waals surface area contributed by atoms with Gasteiger partial charge in [0.2, 0.25) is 0 Å². The first-order chi connectivity index (χ1) is 15.5. The molecule has 3 atom stereocenters. The number of hydrogen-bond donors (Lipinski definition) is 0. The van der Waals surface area contributed by atoms with E-state index in [4.69, 9.17) is 9.26 Å². The first-order valence-electron chi connectivity index (χ1n) is 10.5. The molecule has 0 spiro atoms. The summed E-state index contributed by atoms with van der Waals surface area (Å²) in [7, 11) is 3.52. The number of nitrogens with zero attached hydrogens (tertiary/aromatic N) is 6. The fraction of sp³-hybridized carbons (Fsp3) is 0.476. The largest absolute Gasteiger partial charge is 0.467 e. The van der Waals surface area contributed by atoms with Crippen molar-refractivity contribution in [2.75, 3.05) is 45.2 Å². The molecule has 5 rings (SSSR count). The number of likely N-dealkylation sites (tertiary alicyclic amines) is 1. The lowest BCUT2D eigenvalue weighted by Crippen LogP contribution is -2.51. The summed E-state index contributed by atoms with van der Waals surface area (Å²) in [4.78, 5) is 13.2. The monoisotopic (exact) mass is 570 g/mol. The van der Waals surface area contributed by atoms with Crippen LogP contribution in [0.1, 0.15) is 17.0 Å². The Hall–Kier alpha value is -1.62. The van der Waals surface area contributed by atoms with Gasteiger partial charge in [-0.3, -0.25) is 0 Å². The van der Waals surface area contributed by atoms with Crippen LogP contribution < -0.4 is 9.64 Å². The normalized spacial score (nSPS) is 22.3. The van der Waals surface area contributed by atoms with Crippen molar-refractivity contribution in [3.8, 4) is 11.8 Å². The molecule has 0 radical (unpaired) electrons. The Morgan fingerprint density at radius 3 is 2.59 bits per heavy atom. The molecule has 3 aromatic rings. The minimum absolute atomic E-state index is 0.139. The highest BCUT2D eigenvalue weighted by atomic mass is 127. The summed E-state index contributed by atoms with van der Waals surface area (Å²) >= 11 is 2.24.